The largest absolute Gasteiger partial charge is 0.492 e. The summed E-state index contributed by atoms with van der Waals surface area (Å²) in [5.41, 5.74) is 2.58. The van der Waals surface area contributed by atoms with E-state index in [9.17, 15) is 13.2 Å². The fourth-order valence-corrected chi connectivity index (χ4v) is 4.38. The van der Waals surface area contributed by atoms with Gasteiger partial charge >= 0.3 is 0 Å². The van der Waals surface area contributed by atoms with Gasteiger partial charge in [0.15, 0.2) is 0 Å². The number of carbonyl (C=O) groups is 1. The van der Waals surface area contributed by atoms with Crippen LogP contribution in [0.1, 0.15) is 25.0 Å². The Morgan fingerprint density at radius 1 is 1.14 bits per heavy atom. The summed E-state index contributed by atoms with van der Waals surface area (Å²) in [6.07, 6.45) is 0. The second-order valence-electron chi connectivity index (χ2n) is 6.32. The van der Waals surface area contributed by atoms with Crippen molar-refractivity contribution >= 4 is 33.2 Å². The van der Waals surface area contributed by atoms with E-state index in [0.717, 1.165) is 15.4 Å². The average molecular weight is 425 g/mol. The highest BCUT2D eigenvalue weighted by Crippen LogP contribution is 2.28. The van der Waals surface area contributed by atoms with E-state index >= 15 is 0 Å². The molecule has 0 radical (unpaired) electrons. The highest BCUT2D eigenvalue weighted by molar-refractivity contribution is 7.89. The van der Waals surface area contributed by atoms with Crippen LogP contribution in [-0.4, -0.2) is 38.3 Å². The highest BCUT2D eigenvalue weighted by Gasteiger charge is 2.26. The molecular formula is C20H25ClN2O4S. The molecule has 0 aliphatic carbocycles. The van der Waals surface area contributed by atoms with E-state index in [0.29, 0.717) is 18.0 Å². The number of hydrogen-bond acceptors (Lipinski definition) is 4. The molecule has 0 aliphatic heterocycles. The van der Waals surface area contributed by atoms with E-state index in [1.807, 2.05) is 39.0 Å². The summed E-state index contributed by atoms with van der Waals surface area (Å²) in [6.45, 7) is 7.57. The number of amides is 1. The molecule has 0 bridgehead atoms. The Balaban J connectivity index is 2.20. The van der Waals surface area contributed by atoms with Gasteiger partial charge < -0.3 is 10.1 Å². The quantitative estimate of drug-likeness (QED) is 0.694. The smallest absolute Gasteiger partial charge is 0.243 e. The lowest BCUT2D eigenvalue weighted by atomic mass is 10.1. The minimum absolute atomic E-state index is 0.0161. The molecule has 0 saturated heterocycles. The predicted octanol–water partition coefficient (Wildman–Crippen LogP) is 4.00. The van der Waals surface area contributed by atoms with Gasteiger partial charge in [-0.25, -0.2) is 8.42 Å². The van der Waals surface area contributed by atoms with Crippen molar-refractivity contribution in [2.75, 3.05) is 25.0 Å². The van der Waals surface area contributed by atoms with Crippen molar-refractivity contribution in [2.24, 2.45) is 0 Å². The number of nitrogens with one attached hydrogen (secondary N) is 1. The number of likely N-dealkylation sites (N-methyl/N-ethyl adjacent to an activating group) is 1. The molecule has 0 heterocycles. The number of carbonyl (C=O) groups excluding carboxylic acids is 1. The van der Waals surface area contributed by atoms with E-state index in [1.165, 1.54) is 18.2 Å². The number of halogens is 1. The van der Waals surface area contributed by atoms with Gasteiger partial charge in [0.1, 0.15) is 5.75 Å². The lowest BCUT2D eigenvalue weighted by molar-refractivity contribution is -0.116. The summed E-state index contributed by atoms with van der Waals surface area (Å²) >= 11 is 6.12. The Morgan fingerprint density at radius 2 is 1.86 bits per heavy atom. The molecule has 152 valence electrons. The van der Waals surface area contributed by atoms with Gasteiger partial charge in [0, 0.05) is 12.2 Å². The number of nitrogens with zero attached hydrogens (tertiary/aromatic N) is 1. The van der Waals surface area contributed by atoms with Crippen LogP contribution in [0, 0.1) is 13.8 Å². The van der Waals surface area contributed by atoms with Crippen LogP contribution in [0.15, 0.2) is 41.3 Å². The van der Waals surface area contributed by atoms with Crippen LogP contribution in [0.25, 0.3) is 0 Å². The van der Waals surface area contributed by atoms with Crippen LogP contribution in [-0.2, 0) is 14.8 Å². The van der Waals surface area contributed by atoms with Gasteiger partial charge in [0.2, 0.25) is 15.9 Å². The zero-order valence-corrected chi connectivity index (χ0v) is 18.0. The third-order valence-electron chi connectivity index (χ3n) is 4.18. The Labute approximate surface area is 171 Å². The predicted molar refractivity (Wildman–Crippen MR) is 112 cm³/mol. The van der Waals surface area contributed by atoms with Crippen LogP contribution in [0.5, 0.6) is 5.75 Å². The fourth-order valence-electron chi connectivity index (χ4n) is 2.65. The monoisotopic (exact) mass is 424 g/mol. The van der Waals surface area contributed by atoms with E-state index < -0.39 is 15.9 Å². The number of benzene rings is 2. The SMILES string of the molecule is CCOc1ccc(S(=O)(=O)N(CC)CC(=O)Nc2cc(C)ccc2C)cc1Cl. The van der Waals surface area contributed by atoms with E-state index in [4.69, 9.17) is 16.3 Å². The zero-order chi connectivity index (χ0) is 20.9. The normalized spacial score (nSPS) is 11.5. The molecule has 2 aromatic carbocycles. The highest BCUT2D eigenvalue weighted by atomic mass is 35.5. The van der Waals surface area contributed by atoms with Crippen molar-refractivity contribution in [3.63, 3.8) is 0 Å². The minimum Gasteiger partial charge on any atom is -0.492 e. The van der Waals surface area contributed by atoms with Gasteiger partial charge in [-0.3, -0.25) is 4.79 Å². The van der Waals surface area contributed by atoms with Gasteiger partial charge in [0.25, 0.3) is 0 Å². The molecule has 0 fully saturated rings. The molecule has 6 nitrogen and oxygen atoms in total. The first kappa shape index (κ1) is 22.2. The van der Waals surface area contributed by atoms with Crippen LogP contribution in [0.4, 0.5) is 5.69 Å². The first-order valence-electron chi connectivity index (χ1n) is 8.98. The molecule has 0 atom stereocenters. The van der Waals surface area contributed by atoms with Crippen molar-refractivity contribution < 1.29 is 17.9 Å². The minimum atomic E-state index is -3.88. The summed E-state index contributed by atoms with van der Waals surface area (Å²) in [5.74, 6) is 0.00925. The van der Waals surface area contributed by atoms with Crippen molar-refractivity contribution in [3.8, 4) is 5.75 Å². The number of sulfonamides is 1. The van der Waals surface area contributed by atoms with Gasteiger partial charge in [-0.1, -0.05) is 30.7 Å². The Kier molecular flexibility index (Phi) is 7.46. The molecule has 0 unspecified atom stereocenters. The Morgan fingerprint density at radius 3 is 2.46 bits per heavy atom. The summed E-state index contributed by atoms with van der Waals surface area (Å²) in [6, 6.07) is 9.99. The number of rotatable bonds is 8. The van der Waals surface area contributed by atoms with Crippen LogP contribution >= 0.6 is 11.6 Å². The number of hydrogen-bond donors (Lipinski definition) is 1. The van der Waals surface area contributed by atoms with Crippen molar-refractivity contribution in [2.45, 2.75) is 32.6 Å². The third-order valence-corrected chi connectivity index (χ3v) is 6.39. The van der Waals surface area contributed by atoms with Gasteiger partial charge in [-0.2, -0.15) is 4.31 Å². The number of ether oxygens (including phenoxy) is 1. The van der Waals surface area contributed by atoms with Gasteiger partial charge in [-0.15, -0.1) is 0 Å². The maximum absolute atomic E-state index is 12.9. The second-order valence-corrected chi connectivity index (χ2v) is 8.67. The van der Waals surface area contributed by atoms with Gasteiger partial charge in [0.05, 0.1) is 23.1 Å². The summed E-state index contributed by atoms with van der Waals surface area (Å²) in [5, 5.41) is 2.99. The molecular weight excluding hydrogens is 400 g/mol. The van der Waals surface area contributed by atoms with Crippen LogP contribution in [0.2, 0.25) is 5.02 Å². The topological polar surface area (TPSA) is 75.7 Å². The molecule has 0 aliphatic rings. The first-order valence-corrected chi connectivity index (χ1v) is 10.8. The summed E-state index contributed by atoms with van der Waals surface area (Å²) < 4.78 is 32.3. The second kappa shape index (κ2) is 9.41. The molecule has 8 heteroatoms. The number of aryl methyl sites for hydroxylation is 2. The molecule has 2 aromatic rings. The molecule has 2 rings (SSSR count). The van der Waals surface area contributed by atoms with Crippen molar-refractivity contribution in [3.05, 3.63) is 52.5 Å². The zero-order valence-electron chi connectivity index (χ0n) is 16.5. The fraction of sp³-hybridized carbons (Fsp3) is 0.350. The first-order chi connectivity index (χ1) is 13.2. The van der Waals surface area contributed by atoms with E-state index in [2.05, 4.69) is 5.32 Å². The average Bonchev–Trinajstić information content (AvgIpc) is 2.64. The lowest BCUT2D eigenvalue weighted by Gasteiger charge is -2.21. The summed E-state index contributed by atoms with van der Waals surface area (Å²) in [4.78, 5) is 12.5. The van der Waals surface area contributed by atoms with Crippen molar-refractivity contribution in [1.82, 2.24) is 4.31 Å². The van der Waals surface area contributed by atoms with Gasteiger partial charge in [-0.05, 0) is 56.2 Å². The van der Waals surface area contributed by atoms with Crippen LogP contribution in [0.3, 0.4) is 0 Å². The lowest BCUT2D eigenvalue weighted by Crippen LogP contribution is -2.38. The molecule has 0 aromatic heterocycles. The Bertz CT molecular complexity index is 961. The van der Waals surface area contributed by atoms with Crippen LogP contribution < -0.4 is 10.1 Å². The number of anilines is 1. The third kappa shape index (κ3) is 5.25. The Hall–Kier alpha value is -2.09. The molecule has 1 amide bonds. The standard InChI is InChI=1S/C20H25ClN2O4S/c1-5-23(13-20(24)22-18-11-14(3)7-8-15(18)4)28(25,26)16-9-10-19(27-6-2)17(21)12-16/h7-12H,5-6,13H2,1-4H3,(H,22,24). The van der Waals surface area contributed by atoms with E-state index in [1.54, 1.807) is 6.92 Å². The van der Waals surface area contributed by atoms with Crippen molar-refractivity contribution in [1.29, 1.82) is 0 Å². The van der Waals surface area contributed by atoms with E-state index in [-0.39, 0.29) is 23.0 Å². The molecule has 0 saturated carbocycles. The maximum Gasteiger partial charge on any atom is 0.243 e. The molecule has 1 N–H and O–H groups in total. The maximum atomic E-state index is 12.9. The molecule has 28 heavy (non-hydrogen) atoms. The summed E-state index contributed by atoms with van der Waals surface area (Å²) in [7, 11) is -3.88. The molecule has 0 spiro atoms.